The van der Waals surface area contributed by atoms with Crippen molar-refractivity contribution in [1.82, 2.24) is 0 Å². The van der Waals surface area contributed by atoms with Gasteiger partial charge in [-0.1, -0.05) is 0 Å². The van der Waals surface area contributed by atoms with E-state index in [1.807, 2.05) is 0 Å². The zero-order valence-corrected chi connectivity index (χ0v) is 12.0. The van der Waals surface area contributed by atoms with Crippen LogP contribution < -0.4 is 5.73 Å². The quantitative estimate of drug-likeness (QED) is 0.628. The maximum absolute atomic E-state index is 10.3. The molecule has 1 saturated carbocycles. The highest BCUT2D eigenvalue weighted by Crippen LogP contribution is 2.32. The number of hydrogen-bond acceptors (Lipinski definition) is 5. The van der Waals surface area contributed by atoms with Crippen molar-refractivity contribution in [2.75, 3.05) is 14.2 Å². The third-order valence-electron chi connectivity index (χ3n) is 3.55. The second-order valence-corrected chi connectivity index (χ2v) is 5.02. The summed E-state index contributed by atoms with van der Waals surface area (Å²) in [5.41, 5.74) is 5.15. The van der Waals surface area contributed by atoms with Crippen LogP contribution in [0.15, 0.2) is 0 Å². The lowest BCUT2D eigenvalue weighted by Gasteiger charge is -2.36. The molecule has 0 aromatic rings. The molecule has 5 nitrogen and oxygen atoms in total. The van der Waals surface area contributed by atoms with E-state index in [0.717, 1.165) is 19.3 Å². The molecule has 18 heavy (non-hydrogen) atoms. The largest absolute Gasteiger partial charge is 0.393 e. The fourth-order valence-corrected chi connectivity index (χ4v) is 2.55. The molecule has 110 valence electrons. The molecule has 6 heteroatoms. The van der Waals surface area contributed by atoms with Gasteiger partial charge in [0.25, 0.3) is 0 Å². The Morgan fingerprint density at radius 3 is 2.50 bits per heavy atom. The van der Waals surface area contributed by atoms with Crippen molar-refractivity contribution in [2.45, 2.75) is 62.6 Å². The summed E-state index contributed by atoms with van der Waals surface area (Å²) in [6.07, 6.45) is 3.21. The van der Waals surface area contributed by atoms with Crippen molar-refractivity contribution in [2.24, 2.45) is 5.73 Å². The van der Waals surface area contributed by atoms with Gasteiger partial charge in [-0.25, -0.2) is 0 Å². The Morgan fingerprint density at radius 1 is 1.39 bits per heavy atom. The lowest BCUT2D eigenvalue weighted by Crippen LogP contribution is -2.42. The third-order valence-corrected chi connectivity index (χ3v) is 3.55. The topological polar surface area (TPSA) is 84.9 Å². The van der Waals surface area contributed by atoms with Crippen LogP contribution in [0.25, 0.3) is 0 Å². The summed E-state index contributed by atoms with van der Waals surface area (Å²) in [6, 6.07) is -0.256. The third kappa shape index (κ3) is 5.38. The van der Waals surface area contributed by atoms with E-state index in [9.17, 15) is 10.2 Å². The molecule has 0 amide bonds. The molecule has 0 saturated heterocycles. The average molecular weight is 284 g/mol. The highest BCUT2D eigenvalue weighted by atomic mass is 35.5. The second kappa shape index (κ2) is 8.30. The summed E-state index contributed by atoms with van der Waals surface area (Å²) < 4.78 is 10.2. The maximum atomic E-state index is 10.3. The molecular formula is C12H26ClNO4. The SMILES string of the molecule is COC(OC)C(N)CCC1(O)CCCC(O)C1.Cl. The zero-order chi connectivity index (χ0) is 12.9. The Hall–Kier alpha value is 0.0900. The van der Waals surface area contributed by atoms with Crippen molar-refractivity contribution in [3.8, 4) is 0 Å². The summed E-state index contributed by atoms with van der Waals surface area (Å²) in [4.78, 5) is 0. The molecule has 1 fully saturated rings. The van der Waals surface area contributed by atoms with Gasteiger partial charge in [0.05, 0.1) is 17.7 Å². The predicted octanol–water partition coefficient (Wildman–Crippen LogP) is 0.801. The maximum Gasteiger partial charge on any atom is 0.171 e. The van der Waals surface area contributed by atoms with Gasteiger partial charge in [-0.15, -0.1) is 12.4 Å². The summed E-state index contributed by atoms with van der Waals surface area (Å²) in [5.74, 6) is 0. The van der Waals surface area contributed by atoms with Crippen LogP contribution in [0.5, 0.6) is 0 Å². The monoisotopic (exact) mass is 283 g/mol. The molecular weight excluding hydrogens is 258 g/mol. The van der Waals surface area contributed by atoms with E-state index in [-0.39, 0.29) is 24.6 Å². The molecule has 0 spiro atoms. The lowest BCUT2D eigenvalue weighted by atomic mass is 9.79. The van der Waals surface area contributed by atoms with E-state index in [1.54, 1.807) is 14.2 Å². The Balaban J connectivity index is 0.00000289. The van der Waals surface area contributed by atoms with Crippen LogP contribution >= 0.6 is 12.4 Å². The van der Waals surface area contributed by atoms with Crippen molar-refractivity contribution >= 4 is 12.4 Å². The Labute approximate surface area is 115 Å². The van der Waals surface area contributed by atoms with Gasteiger partial charge in [-0.3, -0.25) is 0 Å². The number of methoxy groups -OCH3 is 2. The van der Waals surface area contributed by atoms with Crippen LogP contribution in [0.1, 0.15) is 38.5 Å². The number of rotatable bonds is 6. The number of hydrogen-bond donors (Lipinski definition) is 3. The Bertz CT molecular complexity index is 228. The first-order chi connectivity index (χ1) is 8.00. The average Bonchev–Trinajstić information content (AvgIpc) is 2.28. The minimum absolute atomic E-state index is 0. The first-order valence-corrected chi connectivity index (χ1v) is 6.22. The van der Waals surface area contributed by atoms with Crippen LogP contribution in [-0.2, 0) is 9.47 Å². The molecule has 1 aliphatic rings. The number of aliphatic hydroxyl groups excluding tert-OH is 1. The van der Waals surface area contributed by atoms with Crippen molar-refractivity contribution in [3.05, 3.63) is 0 Å². The number of nitrogens with two attached hydrogens (primary N) is 1. The highest BCUT2D eigenvalue weighted by Gasteiger charge is 2.34. The zero-order valence-electron chi connectivity index (χ0n) is 11.2. The van der Waals surface area contributed by atoms with Crippen LogP contribution in [0.3, 0.4) is 0 Å². The van der Waals surface area contributed by atoms with Gasteiger partial charge in [0, 0.05) is 20.6 Å². The second-order valence-electron chi connectivity index (χ2n) is 5.02. The molecule has 0 radical (unpaired) electrons. The fraction of sp³-hybridized carbons (Fsp3) is 1.00. The van der Waals surface area contributed by atoms with E-state index in [1.165, 1.54) is 0 Å². The summed E-state index contributed by atoms with van der Waals surface area (Å²) >= 11 is 0. The fourth-order valence-electron chi connectivity index (χ4n) is 2.55. The predicted molar refractivity (Wildman–Crippen MR) is 71.7 cm³/mol. The van der Waals surface area contributed by atoms with E-state index < -0.39 is 11.9 Å². The number of aliphatic hydroxyl groups is 2. The van der Waals surface area contributed by atoms with E-state index in [2.05, 4.69) is 0 Å². The van der Waals surface area contributed by atoms with Crippen LogP contribution in [0.2, 0.25) is 0 Å². The summed E-state index contributed by atoms with van der Waals surface area (Å²) in [7, 11) is 3.10. The van der Waals surface area contributed by atoms with Gasteiger partial charge in [0.2, 0.25) is 0 Å². The van der Waals surface area contributed by atoms with Crippen molar-refractivity contribution < 1.29 is 19.7 Å². The number of halogens is 1. The molecule has 0 aromatic heterocycles. The Kier molecular flexibility index (Phi) is 8.34. The van der Waals surface area contributed by atoms with Crippen molar-refractivity contribution in [3.63, 3.8) is 0 Å². The van der Waals surface area contributed by atoms with Gasteiger partial charge in [-0.2, -0.15) is 0 Å². The van der Waals surface area contributed by atoms with Gasteiger partial charge in [0.1, 0.15) is 0 Å². The molecule has 0 aliphatic heterocycles. The summed E-state index contributed by atoms with van der Waals surface area (Å²) in [6.45, 7) is 0. The normalized spacial score (nSPS) is 30.0. The molecule has 4 N–H and O–H groups in total. The van der Waals surface area contributed by atoms with E-state index in [0.29, 0.717) is 19.3 Å². The lowest BCUT2D eigenvalue weighted by molar-refractivity contribution is -0.122. The van der Waals surface area contributed by atoms with Crippen LogP contribution in [-0.4, -0.2) is 48.5 Å². The minimum Gasteiger partial charge on any atom is -0.393 e. The van der Waals surface area contributed by atoms with Crippen LogP contribution in [0, 0.1) is 0 Å². The minimum atomic E-state index is -0.776. The molecule has 3 unspecified atom stereocenters. The molecule has 1 aliphatic carbocycles. The van der Waals surface area contributed by atoms with Crippen molar-refractivity contribution in [1.29, 1.82) is 0 Å². The smallest absolute Gasteiger partial charge is 0.171 e. The molecule has 0 aromatic carbocycles. The van der Waals surface area contributed by atoms with Crippen LogP contribution in [0.4, 0.5) is 0 Å². The van der Waals surface area contributed by atoms with Gasteiger partial charge < -0.3 is 25.4 Å². The van der Waals surface area contributed by atoms with E-state index in [4.69, 9.17) is 15.2 Å². The first-order valence-electron chi connectivity index (χ1n) is 6.22. The standard InChI is InChI=1S/C12H25NO4.ClH/c1-16-11(17-2)10(13)5-7-12(15)6-3-4-9(14)8-12;/h9-11,14-15H,3-8,13H2,1-2H3;1H. The Morgan fingerprint density at radius 2 is 2.00 bits per heavy atom. The molecule has 3 atom stereocenters. The van der Waals surface area contributed by atoms with Gasteiger partial charge in [0.15, 0.2) is 6.29 Å². The first kappa shape index (κ1) is 18.1. The molecule has 1 rings (SSSR count). The molecule has 0 bridgehead atoms. The highest BCUT2D eigenvalue weighted by molar-refractivity contribution is 5.85. The number of ether oxygens (including phenoxy) is 2. The van der Waals surface area contributed by atoms with E-state index >= 15 is 0 Å². The van der Waals surface area contributed by atoms with Gasteiger partial charge >= 0.3 is 0 Å². The van der Waals surface area contributed by atoms with Gasteiger partial charge in [-0.05, 0) is 32.1 Å². The molecule has 0 heterocycles. The summed E-state index contributed by atoms with van der Waals surface area (Å²) in [5, 5.41) is 19.9.